The van der Waals surface area contributed by atoms with E-state index in [-0.39, 0.29) is 17.6 Å². The molecule has 0 saturated carbocycles. The van der Waals surface area contributed by atoms with Gasteiger partial charge >= 0.3 is 0 Å². The molecule has 3 rings (SSSR count). The molecule has 1 aromatic heterocycles. The third kappa shape index (κ3) is 5.22. The molecule has 0 spiro atoms. The van der Waals surface area contributed by atoms with E-state index in [9.17, 15) is 9.18 Å². The maximum absolute atomic E-state index is 13.4. The highest BCUT2D eigenvalue weighted by atomic mass is 19.1. The molecule has 152 valence electrons. The second kappa shape index (κ2) is 8.91. The highest BCUT2D eigenvalue weighted by molar-refractivity contribution is 5.73. The molecule has 0 bridgehead atoms. The number of halogens is 1. The van der Waals surface area contributed by atoms with Crippen LogP contribution in [0.1, 0.15) is 43.8 Å². The lowest BCUT2D eigenvalue weighted by atomic mass is 9.88. The number of aryl methyl sites for hydroxylation is 1. The van der Waals surface area contributed by atoms with Gasteiger partial charge in [-0.25, -0.2) is 4.39 Å². The molecule has 2 heterocycles. The summed E-state index contributed by atoms with van der Waals surface area (Å²) in [5.41, 5.74) is 1.14. The number of furan rings is 1. The first-order chi connectivity index (χ1) is 13.3. The van der Waals surface area contributed by atoms with Crippen LogP contribution in [-0.4, -0.2) is 41.9 Å². The predicted octanol–water partition coefficient (Wildman–Crippen LogP) is 4.45. The number of likely N-dealkylation sites (tertiary alicyclic amines) is 1. The van der Waals surface area contributed by atoms with Crippen LogP contribution in [0, 0.1) is 24.6 Å². The van der Waals surface area contributed by atoms with Crippen molar-refractivity contribution in [2.24, 2.45) is 11.8 Å². The summed E-state index contributed by atoms with van der Waals surface area (Å²) >= 11 is 0. The maximum Gasteiger partial charge on any atom is 0.219 e. The van der Waals surface area contributed by atoms with Gasteiger partial charge < -0.3 is 9.32 Å². The number of nitrogens with zero attached hydrogens (tertiary/aromatic N) is 2. The minimum absolute atomic E-state index is 0.117. The van der Waals surface area contributed by atoms with E-state index in [4.69, 9.17) is 4.42 Å². The van der Waals surface area contributed by atoms with Crippen LogP contribution in [0.4, 0.5) is 4.39 Å². The number of hydrogen-bond acceptors (Lipinski definition) is 3. The Bertz CT molecular complexity index is 784. The van der Waals surface area contributed by atoms with Crippen LogP contribution in [0.15, 0.2) is 40.8 Å². The number of carbonyl (C=O) groups is 1. The molecule has 0 N–H and O–H groups in total. The van der Waals surface area contributed by atoms with Crippen LogP contribution in [0.25, 0.3) is 0 Å². The molecule has 0 radical (unpaired) electrons. The van der Waals surface area contributed by atoms with Crippen LogP contribution in [-0.2, 0) is 11.3 Å². The minimum Gasteiger partial charge on any atom is -0.465 e. The normalized spacial score (nSPS) is 20.1. The average Bonchev–Trinajstić information content (AvgIpc) is 3.21. The second-order valence-electron chi connectivity index (χ2n) is 8.44. The summed E-state index contributed by atoms with van der Waals surface area (Å²) in [6.07, 6.45) is 0. The van der Waals surface area contributed by atoms with Crippen LogP contribution >= 0.6 is 0 Å². The van der Waals surface area contributed by atoms with Crippen LogP contribution in [0.2, 0.25) is 0 Å². The number of hydrogen-bond donors (Lipinski definition) is 0. The third-order valence-electron chi connectivity index (χ3n) is 5.48. The Morgan fingerprint density at radius 3 is 2.50 bits per heavy atom. The van der Waals surface area contributed by atoms with Gasteiger partial charge in [-0.2, -0.15) is 0 Å². The van der Waals surface area contributed by atoms with Gasteiger partial charge in [-0.15, -0.1) is 0 Å². The molecule has 1 aliphatic rings. The van der Waals surface area contributed by atoms with Crippen LogP contribution in [0.3, 0.4) is 0 Å². The molecule has 1 fully saturated rings. The first-order valence-electron chi connectivity index (χ1n) is 10.1. The smallest absolute Gasteiger partial charge is 0.219 e. The van der Waals surface area contributed by atoms with Crippen molar-refractivity contribution in [1.82, 2.24) is 9.80 Å². The van der Waals surface area contributed by atoms with E-state index >= 15 is 0 Å². The van der Waals surface area contributed by atoms with E-state index in [0.29, 0.717) is 11.8 Å². The summed E-state index contributed by atoms with van der Waals surface area (Å²) in [7, 11) is 0. The summed E-state index contributed by atoms with van der Waals surface area (Å²) in [5.74, 6) is 2.78. The fourth-order valence-corrected chi connectivity index (χ4v) is 4.21. The SMILES string of the molecule is CC(=O)N(CC(C)C)CC1CN(Cc2ccc(C)o2)CC1c1ccc(F)cc1. The molecule has 5 heteroatoms. The van der Waals surface area contributed by atoms with E-state index in [1.54, 1.807) is 6.92 Å². The quantitative estimate of drug-likeness (QED) is 0.706. The Morgan fingerprint density at radius 2 is 1.93 bits per heavy atom. The molecule has 0 aliphatic carbocycles. The van der Waals surface area contributed by atoms with Crippen molar-refractivity contribution in [3.63, 3.8) is 0 Å². The number of amides is 1. The van der Waals surface area contributed by atoms with Gasteiger partial charge in [0, 0.05) is 39.0 Å². The van der Waals surface area contributed by atoms with Gasteiger partial charge in [0.05, 0.1) is 6.54 Å². The van der Waals surface area contributed by atoms with Gasteiger partial charge in [0.1, 0.15) is 17.3 Å². The Hall–Kier alpha value is -2.14. The highest BCUT2D eigenvalue weighted by Gasteiger charge is 2.35. The fourth-order valence-electron chi connectivity index (χ4n) is 4.21. The number of rotatable bonds is 7. The molecule has 4 nitrogen and oxygen atoms in total. The Balaban J connectivity index is 1.78. The molecule has 1 saturated heterocycles. The van der Waals surface area contributed by atoms with E-state index in [1.807, 2.05) is 36.1 Å². The zero-order valence-corrected chi connectivity index (χ0v) is 17.3. The Labute approximate surface area is 167 Å². The van der Waals surface area contributed by atoms with E-state index in [1.165, 1.54) is 12.1 Å². The monoisotopic (exact) mass is 386 g/mol. The topological polar surface area (TPSA) is 36.7 Å². The highest BCUT2D eigenvalue weighted by Crippen LogP contribution is 2.34. The number of benzene rings is 1. The second-order valence-corrected chi connectivity index (χ2v) is 8.44. The van der Waals surface area contributed by atoms with Crippen molar-refractivity contribution in [2.45, 2.75) is 40.2 Å². The fraction of sp³-hybridized carbons (Fsp3) is 0.522. The van der Waals surface area contributed by atoms with Crippen molar-refractivity contribution in [3.05, 3.63) is 59.3 Å². The van der Waals surface area contributed by atoms with Crippen LogP contribution in [0.5, 0.6) is 0 Å². The lowest BCUT2D eigenvalue weighted by Gasteiger charge is -2.29. The maximum atomic E-state index is 13.4. The Morgan fingerprint density at radius 1 is 1.21 bits per heavy atom. The molecule has 2 unspecified atom stereocenters. The van der Waals surface area contributed by atoms with E-state index in [2.05, 4.69) is 18.7 Å². The average molecular weight is 387 g/mol. The van der Waals surface area contributed by atoms with Gasteiger partial charge in [-0.3, -0.25) is 9.69 Å². The standard InChI is InChI=1S/C23H31FN2O2/c1-16(2)11-26(18(4)27)13-20-12-25(14-22-10-5-17(3)28-22)15-23(20)19-6-8-21(24)9-7-19/h5-10,16,20,23H,11-15H2,1-4H3. The van der Waals surface area contributed by atoms with E-state index < -0.39 is 0 Å². The molecule has 1 aliphatic heterocycles. The summed E-state index contributed by atoms with van der Waals surface area (Å²) in [6, 6.07) is 10.8. The zero-order valence-electron chi connectivity index (χ0n) is 17.3. The van der Waals surface area contributed by atoms with Gasteiger partial charge in [0.25, 0.3) is 0 Å². The van der Waals surface area contributed by atoms with Crippen molar-refractivity contribution >= 4 is 5.91 Å². The zero-order chi connectivity index (χ0) is 20.3. The minimum atomic E-state index is -0.216. The predicted molar refractivity (Wildman–Crippen MR) is 108 cm³/mol. The van der Waals surface area contributed by atoms with Crippen molar-refractivity contribution in [3.8, 4) is 0 Å². The van der Waals surface area contributed by atoms with Crippen molar-refractivity contribution in [2.75, 3.05) is 26.2 Å². The van der Waals surface area contributed by atoms with Crippen molar-refractivity contribution in [1.29, 1.82) is 0 Å². The summed E-state index contributed by atoms with van der Waals surface area (Å²) in [4.78, 5) is 16.5. The van der Waals surface area contributed by atoms with Gasteiger partial charge in [-0.05, 0) is 48.6 Å². The lowest BCUT2D eigenvalue weighted by Crippen LogP contribution is -2.38. The molecule has 28 heavy (non-hydrogen) atoms. The van der Waals surface area contributed by atoms with Crippen molar-refractivity contribution < 1.29 is 13.6 Å². The lowest BCUT2D eigenvalue weighted by molar-refractivity contribution is -0.130. The first-order valence-corrected chi connectivity index (χ1v) is 10.1. The van der Waals surface area contributed by atoms with Gasteiger partial charge in [0.2, 0.25) is 5.91 Å². The Kier molecular flexibility index (Phi) is 6.55. The third-order valence-corrected chi connectivity index (χ3v) is 5.48. The van der Waals surface area contributed by atoms with Gasteiger partial charge in [0.15, 0.2) is 0 Å². The molecular weight excluding hydrogens is 355 g/mol. The molecular formula is C23H31FN2O2. The number of carbonyl (C=O) groups excluding carboxylic acids is 1. The summed E-state index contributed by atoms with van der Waals surface area (Å²) in [5, 5.41) is 0. The summed E-state index contributed by atoms with van der Waals surface area (Å²) < 4.78 is 19.2. The molecule has 2 aromatic rings. The van der Waals surface area contributed by atoms with E-state index in [0.717, 1.165) is 49.8 Å². The summed E-state index contributed by atoms with van der Waals surface area (Å²) in [6.45, 7) is 11.9. The first kappa shape index (κ1) is 20.6. The molecule has 2 atom stereocenters. The molecule has 1 amide bonds. The van der Waals surface area contributed by atoms with Crippen LogP contribution < -0.4 is 0 Å². The van der Waals surface area contributed by atoms with Gasteiger partial charge in [-0.1, -0.05) is 26.0 Å². The largest absolute Gasteiger partial charge is 0.465 e. The molecule has 1 aromatic carbocycles.